The van der Waals surface area contributed by atoms with Gasteiger partial charge in [0.15, 0.2) is 0 Å². The van der Waals surface area contributed by atoms with Crippen LogP contribution < -0.4 is 9.62 Å². The molecule has 0 aromatic heterocycles. The molecule has 1 amide bonds. The van der Waals surface area contributed by atoms with Crippen molar-refractivity contribution in [2.24, 2.45) is 0 Å². The van der Waals surface area contributed by atoms with E-state index in [1.807, 2.05) is 0 Å². The summed E-state index contributed by atoms with van der Waals surface area (Å²) < 4.78 is 38.8. The maximum absolute atomic E-state index is 13.0. The summed E-state index contributed by atoms with van der Waals surface area (Å²) in [5.74, 6) is -0.860. The molecule has 27 heavy (non-hydrogen) atoms. The quantitative estimate of drug-likeness (QED) is 0.718. The van der Waals surface area contributed by atoms with Gasteiger partial charge in [-0.25, -0.2) is 12.8 Å². The highest BCUT2D eigenvalue weighted by molar-refractivity contribution is 7.92. The Morgan fingerprint density at radius 3 is 2.19 bits per heavy atom. The van der Waals surface area contributed by atoms with Crippen LogP contribution in [0.4, 0.5) is 10.1 Å². The third kappa shape index (κ3) is 5.82. The van der Waals surface area contributed by atoms with E-state index in [-0.39, 0.29) is 34.5 Å². The molecule has 146 valence electrons. The van der Waals surface area contributed by atoms with Crippen molar-refractivity contribution in [1.82, 2.24) is 5.32 Å². The molecule has 5 nitrogen and oxygen atoms in total. The first-order valence-corrected chi connectivity index (χ1v) is 10.7. The number of hydrogen-bond donors (Lipinski definition) is 1. The Bertz CT molecular complexity index is 900. The van der Waals surface area contributed by atoms with Crippen LogP contribution in [0.5, 0.6) is 0 Å². The molecule has 0 aliphatic heterocycles. The molecule has 0 spiro atoms. The van der Waals surface area contributed by atoms with Gasteiger partial charge in [0.1, 0.15) is 11.9 Å². The highest BCUT2D eigenvalue weighted by atomic mass is 35.5. The average molecular weight is 433 g/mol. The molecule has 9 heteroatoms. The van der Waals surface area contributed by atoms with Gasteiger partial charge in [-0.05, 0) is 42.3 Å². The topological polar surface area (TPSA) is 66.5 Å². The second-order valence-electron chi connectivity index (χ2n) is 5.95. The molecule has 0 saturated carbocycles. The minimum Gasteiger partial charge on any atom is -0.350 e. The third-order valence-corrected chi connectivity index (χ3v) is 5.43. The van der Waals surface area contributed by atoms with Gasteiger partial charge in [0, 0.05) is 16.6 Å². The van der Waals surface area contributed by atoms with Gasteiger partial charge in [-0.15, -0.1) is 0 Å². The molecule has 0 fully saturated rings. The van der Waals surface area contributed by atoms with Crippen molar-refractivity contribution in [3.8, 4) is 0 Å². The van der Waals surface area contributed by atoms with Crippen LogP contribution >= 0.6 is 23.2 Å². The second-order valence-corrected chi connectivity index (χ2v) is 8.69. The molecule has 0 aliphatic carbocycles. The molecule has 0 heterocycles. The Morgan fingerprint density at radius 1 is 1.15 bits per heavy atom. The van der Waals surface area contributed by atoms with E-state index in [2.05, 4.69) is 5.32 Å². The van der Waals surface area contributed by atoms with Gasteiger partial charge in [0.25, 0.3) is 0 Å². The first-order chi connectivity index (χ1) is 12.6. The van der Waals surface area contributed by atoms with E-state index in [9.17, 15) is 17.6 Å². The van der Waals surface area contributed by atoms with Crippen molar-refractivity contribution in [1.29, 1.82) is 0 Å². The van der Waals surface area contributed by atoms with Crippen LogP contribution in [0, 0.1) is 5.82 Å². The molecule has 1 unspecified atom stereocenters. The van der Waals surface area contributed by atoms with Gasteiger partial charge in [-0.2, -0.15) is 0 Å². The van der Waals surface area contributed by atoms with E-state index in [0.717, 1.165) is 10.6 Å². The standard InChI is InChI=1S/C18H19Cl2FN2O3S/c1-3-17(18(24)22-11-12-4-6-15(21)7-5-12)23(27(2,25)26)16-9-13(19)8-14(20)10-16/h4-10,17H,3,11H2,1-2H3,(H,22,24). The highest BCUT2D eigenvalue weighted by Gasteiger charge is 2.31. The summed E-state index contributed by atoms with van der Waals surface area (Å²) in [6.07, 6.45) is 1.24. The molecule has 2 rings (SSSR count). The number of amides is 1. The lowest BCUT2D eigenvalue weighted by atomic mass is 10.1. The van der Waals surface area contributed by atoms with E-state index in [4.69, 9.17) is 23.2 Å². The van der Waals surface area contributed by atoms with Gasteiger partial charge in [0.05, 0.1) is 11.9 Å². The van der Waals surface area contributed by atoms with E-state index in [0.29, 0.717) is 5.56 Å². The minimum absolute atomic E-state index is 0.142. The first kappa shape index (κ1) is 21.5. The number of nitrogens with zero attached hydrogens (tertiary/aromatic N) is 1. The summed E-state index contributed by atoms with van der Waals surface area (Å²) in [5.41, 5.74) is 0.898. The van der Waals surface area contributed by atoms with Crippen molar-refractivity contribution in [3.63, 3.8) is 0 Å². The number of sulfonamides is 1. The van der Waals surface area contributed by atoms with Crippen LogP contribution in [0.15, 0.2) is 42.5 Å². The second kappa shape index (κ2) is 8.91. The lowest BCUT2D eigenvalue weighted by Gasteiger charge is -2.30. The molecule has 0 radical (unpaired) electrons. The van der Waals surface area contributed by atoms with Gasteiger partial charge in [0.2, 0.25) is 15.9 Å². The lowest BCUT2D eigenvalue weighted by molar-refractivity contribution is -0.122. The SMILES string of the molecule is CCC(C(=O)NCc1ccc(F)cc1)N(c1cc(Cl)cc(Cl)c1)S(C)(=O)=O. The number of carbonyl (C=O) groups is 1. The molecule has 2 aromatic rings. The normalized spacial score (nSPS) is 12.5. The van der Waals surface area contributed by atoms with Crippen molar-refractivity contribution >= 4 is 44.8 Å². The first-order valence-electron chi connectivity index (χ1n) is 8.09. The van der Waals surface area contributed by atoms with Crippen LogP contribution in [0.25, 0.3) is 0 Å². The number of rotatable bonds is 7. The number of carbonyl (C=O) groups excluding carboxylic acids is 1. The zero-order valence-corrected chi connectivity index (χ0v) is 17.1. The Balaban J connectivity index is 2.28. The van der Waals surface area contributed by atoms with E-state index < -0.39 is 22.0 Å². The summed E-state index contributed by atoms with van der Waals surface area (Å²) in [6.45, 7) is 1.84. The van der Waals surface area contributed by atoms with Gasteiger partial charge in [-0.3, -0.25) is 9.10 Å². The zero-order chi connectivity index (χ0) is 20.2. The van der Waals surface area contributed by atoms with Crippen molar-refractivity contribution in [2.75, 3.05) is 10.6 Å². The van der Waals surface area contributed by atoms with Gasteiger partial charge >= 0.3 is 0 Å². The molecular weight excluding hydrogens is 414 g/mol. The number of benzene rings is 2. The fourth-order valence-electron chi connectivity index (χ4n) is 2.64. The molecular formula is C18H19Cl2FN2O3S. The summed E-state index contributed by atoms with van der Waals surface area (Å²) in [7, 11) is -3.79. The minimum atomic E-state index is -3.79. The number of nitrogens with one attached hydrogen (secondary N) is 1. The number of anilines is 1. The largest absolute Gasteiger partial charge is 0.350 e. The highest BCUT2D eigenvalue weighted by Crippen LogP contribution is 2.29. The molecule has 0 aliphatic rings. The monoisotopic (exact) mass is 432 g/mol. The van der Waals surface area contributed by atoms with Crippen molar-refractivity contribution in [3.05, 3.63) is 63.9 Å². The van der Waals surface area contributed by atoms with Crippen molar-refractivity contribution in [2.45, 2.75) is 25.9 Å². The number of hydrogen-bond acceptors (Lipinski definition) is 3. The van der Waals surface area contributed by atoms with Gasteiger partial charge < -0.3 is 5.32 Å². The third-order valence-electron chi connectivity index (χ3n) is 3.81. The van der Waals surface area contributed by atoms with Gasteiger partial charge in [-0.1, -0.05) is 42.3 Å². The fourth-order valence-corrected chi connectivity index (χ4v) is 4.35. The Hall–Kier alpha value is -1.83. The van der Waals surface area contributed by atoms with E-state index in [1.165, 1.54) is 30.3 Å². The Labute approximate surface area is 168 Å². The van der Waals surface area contributed by atoms with Crippen molar-refractivity contribution < 1.29 is 17.6 Å². The summed E-state index contributed by atoms with van der Waals surface area (Å²) >= 11 is 12.0. The molecule has 0 saturated heterocycles. The Morgan fingerprint density at radius 2 is 1.70 bits per heavy atom. The summed E-state index contributed by atoms with van der Waals surface area (Å²) in [6, 6.07) is 9.02. The van der Waals surface area contributed by atoms with E-state index >= 15 is 0 Å². The molecule has 2 aromatic carbocycles. The van der Waals surface area contributed by atoms with Crippen LogP contribution in [-0.4, -0.2) is 26.6 Å². The zero-order valence-electron chi connectivity index (χ0n) is 14.7. The Kier molecular flexibility index (Phi) is 7.08. The molecule has 0 bridgehead atoms. The van der Waals surface area contributed by atoms with Crippen LogP contribution in [0.3, 0.4) is 0 Å². The summed E-state index contributed by atoms with van der Waals surface area (Å²) in [4.78, 5) is 12.7. The van der Waals surface area contributed by atoms with Crippen LogP contribution in [-0.2, 0) is 21.4 Å². The fraction of sp³-hybridized carbons (Fsp3) is 0.278. The smallest absolute Gasteiger partial charge is 0.244 e. The molecule has 1 atom stereocenters. The predicted molar refractivity (Wildman–Crippen MR) is 106 cm³/mol. The predicted octanol–water partition coefficient (Wildman–Crippen LogP) is 3.99. The maximum atomic E-state index is 13.0. The van der Waals surface area contributed by atoms with Crippen LogP contribution in [0.1, 0.15) is 18.9 Å². The number of halogens is 3. The molecule has 1 N–H and O–H groups in total. The van der Waals surface area contributed by atoms with Crippen LogP contribution in [0.2, 0.25) is 10.0 Å². The van der Waals surface area contributed by atoms with E-state index in [1.54, 1.807) is 19.1 Å². The maximum Gasteiger partial charge on any atom is 0.244 e. The lowest BCUT2D eigenvalue weighted by Crippen LogP contribution is -2.49. The average Bonchev–Trinajstić information content (AvgIpc) is 2.56. The summed E-state index contributed by atoms with van der Waals surface area (Å²) in [5, 5.41) is 3.20.